The minimum Gasteiger partial charge on any atom is -0.462 e. The summed E-state index contributed by atoms with van der Waals surface area (Å²) in [4.78, 5) is 73.1. The fraction of sp³-hybridized carbons (Fsp3) is 0.570. The zero-order valence-corrected chi connectivity index (χ0v) is 70.8. The summed E-state index contributed by atoms with van der Waals surface area (Å²) in [6.45, 7) is 4.32. The molecule has 17 nitrogen and oxygen atoms in total. The lowest BCUT2D eigenvalue weighted by Gasteiger charge is -2.21. The number of hydrogen-bond acceptors (Lipinski definition) is 15. The molecule has 630 valence electrons. The standard InChI is InChI=1S/C93H146O17P2/c1-5-9-13-17-21-25-29-33-37-40-43-46-50-54-58-62-66-70-74-78-91(96)104-84-89(110-93(98)80-76-72-68-64-60-56-52-48-45-42-39-35-31-27-23-19-15-11-7-3)86-108-112(101,102)106-82-87(94)81-105-111(99,100)107-85-88(83-103-90(95)77-73-69-65-61-57-53-49-36-32-28-24-20-16-12-8-4)109-92(97)79-75-71-67-63-59-55-51-47-44-41-38-34-30-26-22-18-14-10-6-2/h9-10,13-14,21-23,25-28,32-35,37-39,43-48,54-56,58-60,66-68,70-72,87-89,94H,5-8,11-12,15-20,24,29-31,36,40-42,49-53,57,61-65,69,73-86H2,1-4H3,(H,99,100)(H,101,102)/b13-9-,14-10-,25-21-,26-22-,27-23-,32-28-,37-33-,38-34-,39-35-,46-43-,47-44-,48-45-,58-54-,59-55-,60-56-,70-66-,71-67-,72-68-/t87-,88+,89+/m0/s1. The number of phosphoric ester groups is 2. The molecule has 0 saturated heterocycles. The van der Waals surface area contributed by atoms with Gasteiger partial charge in [0.2, 0.25) is 0 Å². The molecule has 0 saturated carbocycles. The Balaban J connectivity index is 5.62. The minimum atomic E-state index is -5.04. The first-order chi connectivity index (χ1) is 54.7. The first-order valence-electron chi connectivity index (χ1n) is 42.0. The second-order valence-corrected chi connectivity index (χ2v) is 29.8. The van der Waals surface area contributed by atoms with Gasteiger partial charge in [0, 0.05) is 25.7 Å². The predicted octanol–water partition coefficient (Wildman–Crippen LogP) is 25.2. The van der Waals surface area contributed by atoms with Crippen LogP contribution in [0, 0.1) is 0 Å². The van der Waals surface area contributed by atoms with Crippen molar-refractivity contribution in [2.24, 2.45) is 0 Å². The van der Waals surface area contributed by atoms with Crippen molar-refractivity contribution in [2.75, 3.05) is 39.6 Å². The number of unbranched alkanes of at least 4 members (excludes halogenated alkanes) is 14. The van der Waals surface area contributed by atoms with E-state index in [0.29, 0.717) is 44.9 Å². The number of aliphatic hydroxyl groups excluding tert-OH is 1. The van der Waals surface area contributed by atoms with E-state index in [1.54, 1.807) is 0 Å². The van der Waals surface area contributed by atoms with Crippen molar-refractivity contribution in [2.45, 2.75) is 303 Å². The first kappa shape index (κ1) is 105. The van der Waals surface area contributed by atoms with Crippen molar-refractivity contribution in [3.8, 4) is 0 Å². The normalized spacial score (nSPS) is 14.9. The number of ether oxygens (including phenoxy) is 4. The van der Waals surface area contributed by atoms with Crippen molar-refractivity contribution in [3.63, 3.8) is 0 Å². The molecule has 0 aromatic carbocycles. The molecule has 0 aliphatic rings. The molecule has 2 unspecified atom stereocenters. The van der Waals surface area contributed by atoms with Gasteiger partial charge in [0.15, 0.2) is 12.2 Å². The van der Waals surface area contributed by atoms with E-state index in [2.05, 4.69) is 192 Å². The number of esters is 4. The van der Waals surface area contributed by atoms with Gasteiger partial charge in [-0.15, -0.1) is 0 Å². The molecule has 0 bridgehead atoms. The van der Waals surface area contributed by atoms with E-state index >= 15 is 0 Å². The number of allylic oxidation sites excluding steroid dienone is 36. The highest BCUT2D eigenvalue weighted by atomic mass is 31.2. The third kappa shape index (κ3) is 81.4. The molecular weight excluding hydrogens is 1450 g/mol. The molecule has 0 aliphatic heterocycles. The Kier molecular flexibility index (Phi) is 77.5. The average molecular weight is 1600 g/mol. The molecule has 5 atom stereocenters. The van der Waals surface area contributed by atoms with Gasteiger partial charge in [-0.3, -0.25) is 37.3 Å². The van der Waals surface area contributed by atoms with Crippen molar-refractivity contribution < 1.29 is 80.2 Å². The SMILES string of the molecule is CC/C=C\C/C=C\C/C=C\C/C=C\C/C=C\C/C=C\CCC(=O)OC[C@H](COP(=O)(O)OC[C@@H](O)COP(=O)(O)OC[C@@H](COC(=O)CCCCCCCCC/C=C\CCCCCC)OC(=O)CC/C=C\C/C=C\C/C=C\C/C=C\C/C=C\C/C=C\CC)OC(=O)CC/C=C\C/C=C\C/C=C\C/C=C\C/C=C\CCCCC. The van der Waals surface area contributed by atoms with Gasteiger partial charge in [0.1, 0.15) is 19.3 Å². The lowest BCUT2D eigenvalue weighted by atomic mass is 10.1. The van der Waals surface area contributed by atoms with Crippen LogP contribution in [0.4, 0.5) is 0 Å². The highest BCUT2D eigenvalue weighted by Crippen LogP contribution is 2.45. The van der Waals surface area contributed by atoms with Gasteiger partial charge in [-0.25, -0.2) is 9.13 Å². The molecule has 112 heavy (non-hydrogen) atoms. The van der Waals surface area contributed by atoms with Crippen molar-refractivity contribution in [3.05, 3.63) is 219 Å². The van der Waals surface area contributed by atoms with Crippen LogP contribution in [0.15, 0.2) is 219 Å². The Bertz CT molecular complexity index is 2990. The van der Waals surface area contributed by atoms with E-state index in [4.69, 9.17) is 37.0 Å². The average Bonchev–Trinajstić information content (AvgIpc) is 0.908. The van der Waals surface area contributed by atoms with Gasteiger partial charge in [0.05, 0.1) is 26.4 Å². The maximum atomic E-state index is 13.1. The number of hydrogen-bond donors (Lipinski definition) is 3. The molecule has 0 heterocycles. The molecule has 3 N–H and O–H groups in total. The lowest BCUT2D eigenvalue weighted by Crippen LogP contribution is -2.30. The van der Waals surface area contributed by atoms with Crippen molar-refractivity contribution >= 4 is 39.5 Å². The number of carbonyl (C=O) groups is 4. The predicted molar refractivity (Wildman–Crippen MR) is 463 cm³/mol. The monoisotopic (exact) mass is 1600 g/mol. The van der Waals surface area contributed by atoms with Gasteiger partial charge in [-0.1, -0.05) is 311 Å². The van der Waals surface area contributed by atoms with Gasteiger partial charge in [0.25, 0.3) is 0 Å². The Morgan fingerprint density at radius 2 is 0.482 bits per heavy atom. The van der Waals surface area contributed by atoms with Crippen LogP contribution in [0.3, 0.4) is 0 Å². The van der Waals surface area contributed by atoms with E-state index in [1.165, 1.54) is 44.9 Å². The Morgan fingerprint density at radius 1 is 0.259 bits per heavy atom. The summed E-state index contributed by atoms with van der Waals surface area (Å²) in [7, 11) is -10.1. The molecule has 0 fully saturated rings. The summed E-state index contributed by atoms with van der Waals surface area (Å²) in [5, 5.41) is 10.7. The Labute approximate surface area is 677 Å². The summed E-state index contributed by atoms with van der Waals surface area (Å²) in [5.41, 5.74) is 0. The van der Waals surface area contributed by atoms with Crippen LogP contribution in [0.5, 0.6) is 0 Å². The molecule has 0 spiro atoms. The summed E-state index contributed by atoms with van der Waals surface area (Å²) in [5.74, 6) is -2.50. The van der Waals surface area contributed by atoms with Crippen LogP contribution in [-0.2, 0) is 65.4 Å². The first-order valence-corrected chi connectivity index (χ1v) is 45.0. The summed E-state index contributed by atoms with van der Waals surface area (Å²) in [6, 6.07) is 0. The van der Waals surface area contributed by atoms with Crippen molar-refractivity contribution in [1.82, 2.24) is 0 Å². The fourth-order valence-corrected chi connectivity index (χ4v) is 11.7. The molecular formula is C93H146O17P2. The molecule has 0 rings (SSSR count). The van der Waals surface area contributed by atoms with Crippen LogP contribution >= 0.6 is 15.6 Å². The van der Waals surface area contributed by atoms with Crippen LogP contribution in [0.1, 0.15) is 285 Å². The van der Waals surface area contributed by atoms with E-state index in [1.807, 2.05) is 54.7 Å². The van der Waals surface area contributed by atoms with E-state index in [9.17, 15) is 43.2 Å². The maximum Gasteiger partial charge on any atom is 0.472 e. The van der Waals surface area contributed by atoms with Gasteiger partial charge < -0.3 is 33.8 Å². The maximum absolute atomic E-state index is 13.1. The van der Waals surface area contributed by atoms with Crippen LogP contribution in [-0.4, -0.2) is 96.7 Å². The largest absolute Gasteiger partial charge is 0.472 e. The van der Waals surface area contributed by atoms with Crippen LogP contribution < -0.4 is 0 Å². The number of phosphoric acid groups is 2. The summed E-state index contributed by atoms with van der Waals surface area (Å²) in [6.07, 6.45) is 105. The number of aliphatic hydroxyl groups is 1. The summed E-state index contributed by atoms with van der Waals surface area (Å²) < 4.78 is 68.5. The zero-order chi connectivity index (χ0) is 81.7. The zero-order valence-electron chi connectivity index (χ0n) is 69.0. The molecule has 0 aromatic rings. The molecule has 0 aliphatic carbocycles. The van der Waals surface area contributed by atoms with E-state index < -0.39 is 97.5 Å². The summed E-state index contributed by atoms with van der Waals surface area (Å²) >= 11 is 0. The number of carbonyl (C=O) groups excluding carboxylic acids is 4. The lowest BCUT2D eigenvalue weighted by molar-refractivity contribution is -0.161. The quantitative estimate of drug-likeness (QED) is 0.0169. The fourth-order valence-electron chi connectivity index (χ4n) is 10.1. The third-order valence-corrected chi connectivity index (χ3v) is 18.3. The third-order valence-electron chi connectivity index (χ3n) is 16.4. The second-order valence-electron chi connectivity index (χ2n) is 26.9. The Hall–Kier alpha value is -6.62. The molecule has 0 aromatic heterocycles. The second kappa shape index (κ2) is 82.4. The van der Waals surface area contributed by atoms with Crippen LogP contribution in [0.25, 0.3) is 0 Å². The highest BCUT2D eigenvalue weighted by Gasteiger charge is 2.30. The van der Waals surface area contributed by atoms with Gasteiger partial charge in [-0.2, -0.15) is 0 Å². The van der Waals surface area contributed by atoms with Crippen molar-refractivity contribution in [1.29, 1.82) is 0 Å². The topological polar surface area (TPSA) is 237 Å². The molecule has 0 radical (unpaired) electrons. The molecule has 19 heteroatoms. The number of rotatable bonds is 76. The van der Waals surface area contributed by atoms with Crippen LogP contribution in [0.2, 0.25) is 0 Å². The molecule has 0 amide bonds. The van der Waals surface area contributed by atoms with Gasteiger partial charge in [-0.05, 0) is 167 Å². The van der Waals surface area contributed by atoms with E-state index in [-0.39, 0.29) is 25.7 Å². The Morgan fingerprint density at radius 3 is 0.795 bits per heavy atom. The minimum absolute atomic E-state index is 0.00954. The highest BCUT2D eigenvalue weighted by molar-refractivity contribution is 7.47. The smallest absolute Gasteiger partial charge is 0.462 e. The van der Waals surface area contributed by atoms with Gasteiger partial charge >= 0.3 is 39.5 Å². The van der Waals surface area contributed by atoms with E-state index in [0.717, 1.165) is 141 Å².